The van der Waals surface area contributed by atoms with Gasteiger partial charge in [0.2, 0.25) is 0 Å². The highest BCUT2D eigenvalue weighted by Gasteiger charge is 2.17. The third kappa shape index (κ3) is 5.26. The number of amides is 1. The molecule has 2 N–H and O–H groups in total. The van der Waals surface area contributed by atoms with Crippen molar-refractivity contribution >= 4 is 27.8 Å². The molecule has 3 aromatic rings. The molecule has 0 aliphatic carbocycles. The molecule has 0 aliphatic heterocycles. The van der Waals surface area contributed by atoms with Gasteiger partial charge in [0.25, 0.3) is 15.9 Å². The van der Waals surface area contributed by atoms with Gasteiger partial charge >= 0.3 is 0 Å². The lowest BCUT2D eigenvalue weighted by Gasteiger charge is -2.12. The van der Waals surface area contributed by atoms with Crippen LogP contribution in [-0.2, 0) is 10.0 Å². The molecule has 0 fully saturated rings. The molecule has 0 spiro atoms. The van der Waals surface area contributed by atoms with Gasteiger partial charge in [-0.05, 0) is 55.8 Å². The van der Waals surface area contributed by atoms with Crippen LogP contribution in [0.3, 0.4) is 0 Å². The molecule has 0 saturated carbocycles. The molecule has 1 aromatic heterocycles. The van der Waals surface area contributed by atoms with Gasteiger partial charge in [-0.2, -0.15) is 5.10 Å². The lowest BCUT2D eigenvalue weighted by molar-refractivity contribution is 0.0955. The number of sulfonamides is 1. The van der Waals surface area contributed by atoms with Gasteiger partial charge in [-0.15, -0.1) is 0 Å². The topological polar surface area (TPSA) is 101 Å². The third-order valence-corrected chi connectivity index (χ3v) is 5.45. The van der Waals surface area contributed by atoms with Gasteiger partial charge in [0.1, 0.15) is 0 Å². The standard InChI is InChI=1S/C21H20N4O3S/c1-15-9-10-20(16(2)12-15)25-29(27,28)19-8-5-6-17(13-19)21(26)24-23-14-18-7-3-4-11-22-18/h3-14,25H,1-2H3,(H,24,26)/b23-14-. The minimum atomic E-state index is -3.85. The van der Waals surface area contributed by atoms with Crippen LogP contribution < -0.4 is 10.1 Å². The summed E-state index contributed by atoms with van der Waals surface area (Å²) in [6.45, 7) is 3.76. The van der Waals surface area contributed by atoms with E-state index in [-0.39, 0.29) is 10.5 Å². The van der Waals surface area contributed by atoms with E-state index in [4.69, 9.17) is 0 Å². The first-order valence-electron chi connectivity index (χ1n) is 8.80. The highest BCUT2D eigenvalue weighted by atomic mass is 32.2. The van der Waals surface area contributed by atoms with Crippen LogP contribution in [0.4, 0.5) is 5.69 Å². The average Bonchev–Trinajstić information content (AvgIpc) is 2.71. The number of aryl methyl sites for hydroxylation is 2. The van der Waals surface area contributed by atoms with E-state index in [1.807, 2.05) is 26.0 Å². The molecule has 29 heavy (non-hydrogen) atoms. The molecular formula is C21H20N4O3S. The Morgan fingerprint density at radius 2 is 1.86 bits per heavy atom. The summed E-state index contributed by atoms with van der Waals surface area (Å²) < 4.78 is 28.0. The Morgan fingerprint density at radius 3 is 2.59 bits per heavy atom. The van der Waals surface area contributed by atoms with Crippen LogP contribution in [0.2, 0.25) is 0 Å². The minimum absolute atomic E-state index is 0.0150. The van der Waals surface area contributed by atoms with Gasteiger partial charge in [-0.1, -0.05) is 29.8 Å². The zero-order valence-corrected chi connectivity index (χ0v) is 16.8. The van der Waals surface area contributed by atoms with E-state index in [9.17, 15) is 13.2 Å². The Kier molecular flexibility index (Phi) is 6.04. The zero-order valence-electron chi connectivity index (χ0n) is 16.0. The molecule has 2 aromatic carbocycles. The molecule has 8 heteroatoms. The van der Waals surface area contributed by atoms with Crippen LogP contribution >= 0.6 is 0 Å². The van der Waals surface area contributed by atoms with E-state index in [0.29, 0.717) is 11.4 Å². The first kappa shape index (κ1) is 20.2. The molecule has 3 rings (SSSR count). The number of hydrogen-bond acceptors (Lipinski definition) is 5. The molecule has 0 saturated heterocycles. The lowest BCUT2D eigenvalue weighted by Crippen LogP contribution is -2.19. The van der Waals surface area contributed by atoms with E-state index in [0.717, 1.165) is 11.1 Å². The Hall–Kier alpha value is -3.52. The summed E-state index contributed by atoms with van der Waals surface area (Å²) >= 11 is 0. The summed E-state index contributed by atoms with van der Waals surface area (Å²) in [5.74, 6) is -0.527. The Balaban J connectivity index is 1.75. The number of hydrazone groups is 1. The molecule has 0 aliphatic rings. The summed E-state index contributed by atoms with van der Waals surface area (Å²) in [6.07, 6.45) is 3.01. The van der Waals surface area contributed by atoms with E-state index in [1.54, 1.807) is 30.5 Å². The van der Waals surface area contributed by atoms with E-state index in [2.05, 4.69) is 20.2 Å². The van der Waals surface area contributed by atoms with Gasteiger partial charge in [0.15, 0.2) is 0 Å². The maximum absolute atomic E-state index is 12.7. The first-order valence-corrected chi connectivity index (χ1v) is 10.3. The average molecular weight is 408 g/mol. The van der Waals surface area contributed by atoms with Crippen molar-refractivity contribution in [1.82, 2.24) is 10.4 Å². The largest absolute Gasteiger partial charge is 0.279 e. The van der Waals surface area contributed by atoms with Crippen LogP contribution in [0.25, 0.3) is 0 Å². The molecular weight excluding hydrogens is 388 g/mol. The number of aromatic nitrogens is 1. The van der Waals surface area contributed by atoms with E-state index >= 15 is 0 Å². The first-order chi connectivity index (χ1) is 13.8. The summed E-state index contributed by atoms with van der Waals surface area (Å²) in [5.41, 5.74) is 5.46. The molecule has 1 heterocycles. The highest BCUT2D eigenvalue weighted by molar-refractivity contribution is 7.92. The number of carbonyl (C=O) groups is 1. The fourth-order valence-electron chi connectivity index (χ4n) is 2.61. The smallest absolute Gasteiger partial charge is 0.271 e. The second-order valence-corrected chi connectivity index (χ2v) is 8.09. The number of rotatable bonds is 6. The van der Waals surface area contributed by atoms with Crippen molar-refractivity contribution in [3.8, 4) is 0 Å². The molecule has 1 amide bonds. The monoisotopic (exact) mass is 408 g/mol. The van der Waals surface area contributed by atoms with E-state index in [1.165, 1.54) is 30.5 Å². The summed E-state index contributed by atoms with van der Waals surface area (Å²) in [4.78, 5) is 16.3. The van der Waals surface area contributed by atoms with Crippen molar-refractivity contribution in [3.05, 3.63) is 89.2 Å². The van der Waals surface area contributed by atoms with Crippen molar-refractivity contribution in [1.29, 1.82) is 0 Å². The minimum Gasteiger partial charge on any atom is -0.279 e. The normalized spacial score (nSPS) is 11.4. The van der Waals surface area contributed by atoms with Crippen LogP contribution in [0.1, 0.15) is 27.2 Å². The van der Waals surface area contributed by atoms with Crippen LogP contribution in [0.5, 0.6) is 0 Å². The second kappa shape index (κ2) is 8.66. The quantitative estimate of drug-likeness (QED) is 0.483. The predicted octanol–water partition coefficient (Wildman–Crippen LogP) is 3.26. The molecule has 0 radical (unpaired) electrons. The second-order valence-electron chi connectivity index (χ2n) is 6.41. The SMILES string of the molecule is Cc1ccc(NS(=O)(=O)c2cccc(C(=O)N/N=C\c3ccccn3)c2)c(C)c1. The number of nitrogens with one attached hydrogen (secondary N) is 2. The predicted molar refractivity (Wildman–Crippen MR) is 112 cm³/mol. The van der Waals surface area contributed by atoms with Crippen LogP contribution in [-0.4, -0.2) is 25.5 Å². The summed E-state index contributed by atoms with van der Waals surface area (Å²) in [6, 6.07) is 16.5. The lowest BCUT2D eigenvalue weighted by atomic mass is 10.1. The zero-order chi connectivity index (χ0) is 20.9. The van der Waals surface area contributed by atoms with Gasteiger partial charge in [-0.3, -0.25) is 14.5 Å². The Bertz CT molecular complexity index is 1160. The Morgan fingerprint density at radius 1 is 1.03 bits per heavy atom. The van der Waals surface area contributed by atoms with Crippen molar-refractivity contribution in [2.75, 3.05) is 4.72 Å². The van der Waals surface area contributed by atoms with Crippen LogP contribution in [0.15, 0.2) is 76.9 Å². The maximum atomic E-state index is 12.7. The van der Waals surface area contributed by atoms with Gasteiger partial charge in [-0.25, -0.2) is 13.8 Å². The van der Waals surface area contributed by atoms with Gasteiger partial charge in [0.05, 0.1) is 22.5 Å². The number of pyridine rings is 1. The van der Waals surface area contributed by atoms with Gasteiger partial charge in [0, 0.05) is 11.8 Å². The molecule has 7 nitrogen and oxygen atoms in total. The molecule has 148 valence electrons. The van der Waals surface area contributed by atoms with Gasteiger partial charge < -0.3 is 0 Å². The molecule has 0 atom stereocenters. The summed E-state index contributed by atoms with van der Waals surface area (Å²) in [7, 11) is -3.85. The number of benzene rings is 2. The van der Waals surface area contributed by atoms with Crippen molar-refractivity contribution in [3.63, 3.8) is 0 Å². The van der Waals surface area contributed by atoms with Crippen LogP contribution in [0, 0.1) is 13.8 Å². The van der Waals surface area contributed by atoms with Crippen molar-refractivity contribution < 1.29 is 13.2 Å². The van der Waals surface area contributed by atoms with Crippen molar-refractivity contribution in [2.24, 2.45) is 5.10 Å². The maximum Gasteiger partial charge on any atom is 0.271 e. The summed E-state index contributed by atoms with van der Waals surface area (Å²) in [5, 5.41) is 3.85. The number of hydrogen-bond donors (Lipinski definition) is 2. The third-order valence-electron chi connectivity index (χ3n) is 4.08. The molecule has 0 bridgehead atoms. The number of carbonyl (C=O) groups excluding carboxylic acids is 1. The number of anilines is 1. The van der Waals surface area contributed by atoms with Crippen molar-refractivity contribution in [2.45, 2.75) is 18.7 Å². The Labute approximate surface area is 169 Å². The fraction of sp³-hybridized carbons (Fsp3) is 0.0952. The fourth-order valence-corrected chi connectivity index (χ4v) is 3.79. The highest BCUT2D eigenvalue weighted by Crippen LogP contribution is 2.21. The van der Waals surface area contributed by atoms with E-state index < -0.39 is 15.9 Å². The number of nitrogens with zero attached hydrogens (tertiary/aromatic N) is 2. The molecule has 0 unspecified atom stereocenters.